The highest BCUT2D eigenvalue weighted by Gasteiger charge is 2.16. The molecule has 1 heterocycles. The van der Waals surface area contributed by atoms with Gasteiger partial charge in [0, 0.05) is 6.54 Å². The first kappa shape index (κ1) is 16.3. The van der Waals surface area contributed by atoms with Crippen molar-refractivity contribution >= 4 is 12.6 Å². The summed E-state index contributed by atoms with van der Waals surface area (Å²) in [6.45, 7) is 6.00. The Bertz CT molecular complexity index is 451. The third kappa shape index (κ3) is 4.98. The van der Waals surface area contributed by atoms with Gasteiger partial charge in [0.05, 0.1) is 6.61 Å². The molecular formula is C15H23BFNO3. The summed E-state index contributed by atoms with van der Waals surface area (Å²) >= 11 is 0. The van der Waals surface area contributed by atoms with E-state index < -0.39 is 12.9 Å². The summed E-state index contributed by atoms with van der Waals surface area (Å²) in [5.41, 5.74) is 0.127. The van der Waals surface area contributed by atoms with Crippen molar-refractivity contribution in [2.24, 2.45) is 5.92 Å². The van der Waals surface area contributed by atoms with E-state index in [-0.39, 0.29) is 11.2 Å². The molecule has 21 heavy (non-hydrogen) atoms. The molecule has 1 aliphatic heterocycles. The normalized spacial score (nSPS) is 17.0. The highest BCUT2D eigenvalue weighted by molar-refractivity contribution is 6.58. The molecule has 1 aromatic rings. The molecule has 4 nitrogen and oxygen atoms in total. The fraction of sp³-hybridized carbons (Fsp3) is 0.600. The molecule has 0 spiro atoms. The van der Waals surface area contributed by atoms with Crippen LogP contribution in [0.15, 0.2) is 18.2 Å². The van der Waals surface area contributed by atoms with Crippen LogP contribution in [0.4, 0.5) is 4.39 Å². The van der Waals surface area contributed by atoms with E-state index in [0.717, 1.165) is 38.0 Å². The minimum absolute atomic E-state index is 0.127. The number of halogens is 1. The summed E-state index contributed by atoms with van der Waals surface area (Å²) in [6.07, 6.45) is 3.36. The molecule has 1 aliphatic rings. The maximum atomic E-state index is 13.7. The van der Waals surface area contributed by atoms with Gasteiger partial charge >= 0.3 is 7.12 Å². The third-order valence-electron chi connectivity index (χ3n) is 4.01. The van der Waals surface area contributed by atoms with E-state index in [2.05, 4.69) is 11.8 Å². The molecule has 116 valence electrons. The molecule has 0 radical (unpaired) electrons. The van der Waals surface area contributed by atoms with Crippen LogP contribution in [-0.4, -0.2) is 48.3 Å². The lowest BCUT2D eigenvalue weighted by molar-refractivity contribution is 0.176. The maximum Gasteiger partial charge on any atom is 0.488 e. The van der Waals surface area contributed by atoms with Gasteiger partial charge in [0.25, 0.3) is 0 Å². The Kier molecular flexibility index (Phi) is 6.02. The van der Waals surface area contributed by atoms with Crippen LogP contribution in [0.1, 0.15) is 26.2 Å². The number of piperidine rings is 1. The van der Waals surface area contributed by atoms with Crippen molar-refractivity contribution in [2.75, 3.05) is 26.2 Å². The minimum atomic E-state index is -1.66. The van der Waals surface area contributed by atoms with Crippen molar-refractivity contribution in [1.29, 1.82) is 0 Å². The van der Waals surface area contributed by atoms with Crippen molar-refractivity contribution < 1.29 is 19.2 Å². The van der Waals surface area contributed by atoms with Crippen molar-refractivity contribution in [1.82, 2.24) is 4.90 Å². The Balaban J connectivity index is 1.71. The molecule has 6 heteroatoms. The van der Waals surface area contributed by atoms with Gasteiger partial charge in [0.2, 0.25) is 0 Å². The van der Waals surface area contributed by atoms with E-state index in [9.17, 15) is 4.39 Å². The molecule has 0 saturated carbocycles. The molecule has 0 bridgehead atoms. The lowest BCUT2D eigenvalue weighted by Crippen LogP contribution is -2.34. The number of hydrogen-bond acceptors (Lipinski definition) is 4. The Labute approximate surface area is 125 Å². The second-order valence-electron chi connectivity index (χ2n) is 5.79. The van der Waals surface area contributed by atoms with Crippen LogP contribution in [0.5, 0.6) is 5.75 Å². The molecule has 0 aromatic heterocycles. The average molecular weight is 295 g/mol. The number of rotatable bonds is 6. The van der Waals surface area contributed by atoms with Gasteiger partial charge in [-0.3, -0.25) is 0 Å². The second kappa shape index (κ2) is 7.78. The highest BCUT2D eigenvalue weighted by atomic mass is 19.1. The van der Waals surface area contributed by atoms with Gasteiger partial charge in [0.15, 0.2) is 11.6 Å². The topological polar surface area (TPSA) is 52.9 Å². The molecule has 1 fully saturated rings. The number of hydrogen-bond donors (Lipinski definition) is 2. The summed E-state index contributed by atoms with van der Waals surface area (Å²) < 4.78 is 19.1. The van der Waals surface area contributed by atoms with Gasteiger partial charge in [-0.15, -0.1) is 0 Å². The van der Waals surface area contributed by atoms with Crippen LogP contribution >= 0.6 is 0 Å². The Morgan fingerprint density at radius 1 is 1.33 bits per heavy atom. The van der Waals surface area contributed by atoms with Crippen LogP contribution in [0.2, 0.25) is 0 Å². The predicted octanol–water partition coefficient (Wildman–Crippen LogP) is 1.01. The lowest BCUT2D eigenvalue weighted by Gasteiger charge is -2.30. The first-order chi connectivity index (χ1) is 10.1. The zero-order chi connectivity index (χ0) is 15.2. The van der Waals surface area contributed by atoms with E-state index in [1.165, 1.54) is 25.0 Å². The van der Waals surface area contributed by atoms with Crippen molar-refractivity contribution in [3.63, 3.8) is 0 Å². The van der Waals surface area contributed by atoms with Crippen LogP contribution in [0.3, 0.4) is 0 Å². The quantitative estimate of drug-likeness (QED) is 0.607. The summed E-state index contributed by atoms with van der Waals surface area (Å²) in [6, 6.07) is 3.98. The van der Waals surface area contributed by atoms with Crippen LogP contribution in [0.25, 0.3) is 0 Å². The summed E-state index contributed by atoms with van der Waals surface area (Å²) in [5.74, 6) is 0.422. The zero-order valence-electron chi connectivity index (χ0n) is 12.5. The van der Waals surface area contributed by atoms with Gasteiger partial charge in [-0.05, 0) is 55.9 Å². The Hall–Kier alpha value is -1.11. The standard InChI is InChI=1S/C15H23BFNO3/c1-12-5-8-18(9-6-12)7-2-10-21-15-4-3-13(16(19)20)11-14(15)17/h3-4,11-12,19-20H,2,5-10H2,1H3. The third-order valence-corrected chi connectivity index (χ3v) is 4.01. The molecule has 0 aliphatic carbocycles. The molecule has 0 unspecified atom stereocenters. The number of ether oxygens (including phenoxy) is 1. The molecular weight excluding hydrogens is 272 g/mol. The van der Waals surface area contributed by atoms with E-state index in [1.807, 2.05) is 0 Å². The molecule has 2 N–H and O–H groups in total. The van der Waals surface area contributed by atoms with Crippen molar-refractivity contribution in [2.45, 2.75) is 26.2 Å². The van der Waals surface area contributed by atoms with Crippen LogP contribution < -0.4 is 10.2 Å². The zero-order valence-corrected chi connectivity index (χ0v) is 12.5. The largest absolute Gasteiger partial charge is 0.490 e. The Morgan fingerprint density at radius 3 is 2.67 bits per heavy atom. The van der Waals surface area contributed by atoms with Crippen molar-refractivity contribution in [3.8, 4) is 5.75 Å². The summed E-state index contributed by atoms with van der Waals surface area (Å²) in [5, 5.41) is 17.9. The second-order valence-corrected chi connectivity index (χ2v) is 5.79. The van der Waals surface area contributed by atoms with E-state index >= 15 is 0 Å². The van der Waals surface area contributed by atoms with E-state index in [4.69, 9.17) is 14.8 Å². The van der Waals surface area contributed by atoms with Gasteiger partial charge < -0.3 is 19.7 Å². The molecule has 2 rings (SSSR count). The van der Waals surface area contributed by atoms with Crippen molar-refractivity contribution in [3.05, 3.63) is 24.0 Å². The molecule has 1 aromatic carbocycles. The lowest BCUT2D eigenvalue weighted by atomic mass is 9.80. The average Bonchev–Trinajstić information content (AvgIpc) is 2.46. The fourth-order valence-electron chi connectivity index (χ4n) is 2.55. The fourth-order valence-corrected chi connectivity index (χ4v) is 2.55. The number of likely N-dealkylation sites (tertiary alicyclic amines) is 1. The smallest absolute Gasteiger partial charge is 0.488 e. The number of benzene rings is 1. The van der Waals surface area contributed by atoms with Gasteiger partial charge in [0.1, 0.15) is 0 Å². The SMILES string of the molecule is CC1CCN(CCCOc2ccc(B(O)O)cc2F)CC1. The molecule has 1 saturated heterocycles. The first-order valence-electron chi connectivity index (χ1n) is 7.57. The maximum absolute atomic E-state index is 13.7. The van der Waals surface area contributed by atoms with E-state index in [0.29, 0.717) is 6.61 Å². The van der Waals surface area contributed by atoms with Gasteiger partial charge in [-0.2, -0.15) is 0 Å². The predicted molar refractivity (Wildman–Crippen MR) is 81.2 cm³/mol. The van der Waals surface area contributed by atoms with Gasteiger partial charge in [-0.1, -0.05) is 13.0 Å². The summed E-state index contributed by atoms with van der Waals surface area (Å²) in [7, 11) is -1.66. The summed E-state index contributed by atoms with van der Waals surface area (Å²) in [4.78, 5) is 2.42. The Morgan fingerprint density at radius 2 is 2.05 bits per heavy atom. The highest BCUT2D eigenvalue weighted by Crippen LogP contribution is 2.17. The monoisotopic (exact) mass is 295 g/mol. The van der Waals surface area contributed by atoms with Crippen LogP contribution in [-0.2, 0) is 0 Å². The minimum Gasteiger partial charge on any atom is -0.490 e. The van der Waals surface area contributed by atoms with E-state index in [1.54, 1.807) is 0 Å². The van der Waals surface area contributed by atoms with Gasteiger partial charge in [-0.25, -0.2) is 4.39 Å². The first-order valence-corrected chi connectivity index (χ1v) is 7.57. The number of nitrogens with zero attached hydrogens (tertiary/aromatic N) is 1. The molecule has 0 atom stereocenters. The van der Waals surface area contributed by atoms with Crippen LogP contribution in [0, 0.1) is 11.7 Å². The molecule has 0 amide bonds.